The van der Waals surface area contributed by atoms with Crippen LogP contribution < -0.4 is 0 Å². The van der Waals surface area contributed by atoms with Crippen molar-refractivity contribution in [1.82, 2.24) is 0 Å². The summed E-state index contributed by atoms with van der Waals surface area (Å²) in [6.45, 7) is 4.78. The van der Waals surface area contributed by atoms with Crippen LogP contribution in [0.3, 0.4) is 0 Å². The number of carbonyl (C=O) groups is 2. The zero-order valence-corrected chi connectivity index (χ0v) is 29.2. The van der Waals surface area contributed by atoms with Crippen LogP contribution in [0.25, 0.3) is 0 Å². The number of unbranched alkanes of at least 4 members (excludes halogenated alkanes) is 22. The molecule has 0 aromatic heterocycles. The van der Waals surface area contributed by atoms with Gasteiger partial charge < -0.3 is 9.47 Å². The molecule has 0 N–H and O–H groups in total. The second kappa shape index (κ2) is 37.2. The zero-order chi connectivity index (χ0) is 32.0. The third-order valence-electron chi connectivity index (χ3n) is 8.01. The largest absolute Gasteiger partial charge is 0.465 e. The molecule has 254 valence electrons. The summed E-state index contributed by atoms with van der Waals surface area (Å²) in [5.74, 6) is 2.34. The lowest BCUT2D eigenvalue weighted by Crippen LogP contribution is -2.05. The zero-order valence-electron chi connectivity index (χ0n) is 29.2. The lowest BCUT2D eigenvalue weighted by Gasteiger charge is -2.03. The summed E-state index contributed by atoms with van der Waals surface area (Å²) in [5.41, 5.74) is 0. The second-order valence-electron chi connectivity index (χ2n) is 12.4. The SMILES string of the molecule is CCCCCCCC/C=C\CCCCCCCC(=O)OC#CCCOC(=O)CCCCCCC/C=C\CCCCCCCC. The van der Waals surface area contributed by atoms with Crippen LogP contribution >= 0.6 is 0 Å². The van der Waals surface area contributed by atoms with Gasteiger partial charge in [0, 0.05) is 19.3 Å². The van der Waals surface area contributed by atoms with E-state index < -0.39 is 0 Å². The number of rotatable bonds is 32. The molecule has 0 atom stereocenters. The Hall–Kier alpha value is -2.02. The van der Waals surface area contributed by atoms with Crippen molar-refractivity contribution >= 4 is 11.9 Å². The minimum absolute atomic E-state index is 0.161. The van der Waals surface area contributed by atoms with E-state index in [0.717, 1.165) is 32.1 Å². The van der Waals surface area contributed by atoms with Gasteiger partial charge in [0.05, 0.1) is 0 Å². The summed E-state index contributed by atoms with van der Waals surface area (Å²) in [6, 6.07) is 0. The molecule has 0 bridgehead atoms. The molecule has 0 amide bonds. The molecule has 0 rings (SSSR count). The molecule has 0 saturated carbocycles. The summed E-state index contributed by atoms with van der Waals surface area (Å²) in [6.07, 6.45) is 45.3. The van der Waals surface area contributed by atoms with Gasteiger partial charge in [0.25, 0.3) is 0 Å². The molecule has 0 spiro atoms. The molecule has 0 aromatic carbocycles. The average Bonchev–Trinajstić information content (AvgIpc) is 3.02. The Morgan fingerprint density at radius 1 is 0.477 bits per heavy atom. The topological polar surface area (TPSA) is 52.6 Å². The van der Waals surface area contributed by atoms with Gasteiger partial charge in [0.2, 0.25) is 0 Å². The molecule has 0 heterocycles. The first-order chi connectivity index (χ1) is 21.7. The first-order valence-corrected chi connectivity index (χ1v) is 18.8. The van der Waals surface area contributed by atoms with Crippen molar-refractivity contribution in [1.29, 1.82) is 0 Å². The summed E-state index contributed by atoms with van der Waals surface area (Å²) >= 11 is 0. The normalized spacial score (nSPS) is 11.2. The van der Waals surface area contributed by atoms with Crippen molar-refractivity contribution in [3.05, 3.63) is 24.3 Å². The van der Waals surface area contributed by atoms with Gasteiger partial charge in [0.1, 0.15) is 12.7 Å². The third kappa shape index (κ3) is 36.2. The first-order valence-electron chi connectivity index (χ1n) is 18.8. The van der Waals surface area contributed by atoms with Crippen LogP contribution in [0.2, 0.25) is 0 Å². The number of esters is 2. The maximum atomic E-state index is 11.9. The van der Waals surface area contributed by atoms with Crippen molar-refractivity contribution in [2.24, 2.45) is 0 Å². The molecule has 0 unspecified atom stereocenters. The highest BCUT2D eigenvalue weighted by Crippen LogP contribution is 2.12. The molecule has 0 aliphatic heterocycles. The summed E-state index contributed by atoms with van der Waals surface area (Å²) < 4.78 is 10.2. The van der Waals surface area contributed by atoms with E-state index in [0.29, 0.717) is 19.3 Å². The highest BCUT2D eigenvalue weighted by Gasteiger charge is 2.03. The van der Waals surface area contributed by atoms with Crippen molar-refractivity contribution in [3.63, 3.8) is 0 Å². The van der Waals surface area contributed by atoms with Crippen LogP contribution in [0.5, 0.6) is 0 Å². The molecule has 4 heteroatoms. The van der Waals surface area contributed by atoms with E-state index in [1.165, 1.54) is 135 Å². The monoisotopic (exact) mass is 615 g/mol. The molecule has 0 radical (unpaired) electrons. The quantitative estimate of drug-likeness (QED) is 0.0327. The maximum absolute atomic E-state index is 11.9. The number of carbonyl (C=O) groups excluding carboxylic acids is 2. The average molecular weight is 615 g/mol. The Morgan fingerprint density at radius 3 is 1.27 bits per heavy atom. The van der Waals surface area contributed by atoms with Crippen LogP contribution in [0.4, 0.5) is 0 Å². The van der Waals surface area contributed by atoms with E-state index in [1.807, 2.05) is 0 Å². The molecule has 0 fully saturated rings. The van der Waals surface area contributed by atoms with E-state index in [1.54, 1.807) is 0 Å². The Morgan fingerprint density at radius 2 is 0.841 bits per heavy atom. The number of allylic oxidation sites excluding steroid dienone is 4. The summed E-state index contributed by atoms with van der Waals surface area (Å²) in [4.78, 5) is 23.7. The molecule has 0 aliphatic carbocycles. The lowest BCUT2D eigenvalue weighted by molar-refractivity contribution is -0.143. The van der Waals surface area contributed by atoms with Gasteiger partial charge in [-0.1, -0.05) is 147 Å². The van der Waals surface area contributed by atoms with E-state index in [2.05, 4.69) is 50.2 Å². The van der Waals surface area contributed by atoms with E-state index in [9.17, 15) is 9.59 Å². The molecule has 4 nitrogen and oxygen atoms in total. The second-order valence-corrected chi connectivity index (χ2v) is 12.4. The van der Waals surface area contributed by atoms with E-state index in [4.69, 9.17) is 9.47 Å². The summed E-state index contributed by atoms with van der Waals surface area (Å²) in [7, 11) is 0. The van der Waals surface area contributed by atoms with Gasteiger partial charge in [-0.3, -0.25) is 9.59 Å². The number of ether oxygens (including phenoxy) is 2. The molecule has 0 saturated heterocycles. The lowest BCUT2D eigenvalue weighted by atomic mass is 10.1. The van der Waals surface area contributed by atoms with Crippen LogP contribution in [0, 0.1) is 12.0 Å². The minimum Gasteiger partial charge on any atom is -0.465 e. The molecule has 0 aromatic rings. The predicted molar refractivity (Wildman–Crippen MR) is 188 cm³/mol. The highest BCUT2D eigenvalue weighted by atomic mass is 16.5. The van der Waals surface area contributed by atoms with E-state index >= 15 is 0 Å². The Kier molecular flexibility index (Phi) is 35.5. The third-order valence-corrected chi connectivity index (χ3v) is 8.01. The molecular weight excluding hydrogens is 544 g/mol. The Bertz CT molecular complexity index is 742. The van der Waals surface area contributed by atoms with Gasteiger partial charge in [-0.15, -0.1) is 0 Å². The number of hydrogen-bond acceptors (Lipinski definition) is 4. The predicted octanol–water partition coefficient (Wildman–Crippen LogP) is 12.5. The fourth-order valence-corrected chi connectivity index (χ4v) is 5.16. The van der Waals surface area contributed by atoms with Gasteiger partial charge in [-0.25, -0.2) is 0 Å². The standard InChI is InChI=1S/C40H70O4/c1-3-5-7-9-11-13-15-17-19-21-23-25-27-29-31-35-39(41)43-37-33-34-38-44-40(42)36-32-30-28-26-24-22-20-18-16-14-12-10-8-6-4-2/h17-20H,3-16,21-33,35-37H2,1-2H3/b19-17-,20-18-. The fourth-order valence-electron chi connectivity index (χ4n) is 5.16. The molecular formula is C40H70O4. The van der Waals surface area contributed by atoms with E-state index in [-0.39, 0.29) is 18.5 Å². The van der Waals surface area contributed by atoms with Gasteiger partial charge >= 0.3 is 11.9 Å². The highest BCUT2D eigenvalue weighted by molar-refractivity contribution is 5.70. The van der Waals surface area contributed by atoms with Crippen molar-refractivity contribution in [3.8, 4) is 12.0 Å². The number of hydrogen-bond donors (Lipinski definition) is 0. The van der Waals surface area contributed by atoms with Crippen LogP contribution in [-0.2, 0) is 19.1 Å². The van der Waals surface area contributed by atoms with Gasteiger partial charge in [-0.05, 0) is 64.2 Å². The van der Waals surface area contributed by atoms with Crippen LogP contribution in [0.1, 0.15) is 200 Å². The summed E-state index contributed by atoms with van der Waals surface area (Å²) in [5, 5.41) is 0. The fraction of sp³-hybridized carbons (Fsp3) is 0.800. The van der Waals surface area contributed by atoms with Crippen LogP contribution in [-0.4, -0.2) is 18.5 Å². The molecule has 44 heavy (non-hydrogen) atoms. The van der Waals surface area contributed by atoms with Crippen LogP contribution in [0.15, 0.2) is 24.3 Å². The van der Waals surface area contributed by atoms with Crippen molar-refractivity contribution < 1.29 is 19.1 Å². The van der Waals surface area contributed by atoms with Crippen molar-refractivity contribution in [2.45, 2.75) is 200 Å². The maximum Gasteiger partial charge on any atom is 0.319 e. The molecule has 0 aliphatic rings. The Labute approximate surface area is 273 Å². The van der Waals surface area contributed by atoms with Crippen molar-refractivity contribution in [2.75, 3.05) is 6.61 Å². The van der Waals surface area contributed by atoms with Gasteiger partial charge in [0.15, 0.2) is 0 Å². The Balaban J connectivity index is 3.41. The first kappa shape index (κ1) is 42.0. The van der Waals surface area contributed by atoms with Gasteiger partial charge in [-0.2, -0.15) is 0 Å². The smallest absolute Gasteiger partial charge is 0.319 e. The minimum atomic E-state index is -0.267.